The van der Waals surface area contributed by atoms with Crippen LogP contribution in [0.4, 0.5) is 10.1 Å². The average Bonchev–Trinajstić information content (AvgIpc) is 2.53. The van der Waals surface area contributed by atoms with Gasteiger partial charge in [0.2, 0.25) is 5.91 Å². The molecule has 0 unspecified atom stereocenters. The first kappa shape index (κ1) is 17.7. The highest BCUT2D eigenvalue weighted by molar-refractivity contribution is 6.43. The molecule has 6 heteroatoms. The van der Waals surface area contributed by atoms with Crippen molar-refractivity contribution in [3.8, 4) is 0 Å². The van der Waals surface area contributed by atoms with E-state index in [1.165, 1.54) is 6.07 Å². The monoisotopic (exact) mass is 354 g/mol. The first-order valence-corrected chi connectivity index (χ1v) is 8.01. The number of halogens is 3. The van der Waals surface area contributed by atoms with E-state index in [-0.39, 0.29) is 11.7 Å². The molecular formula is C17H17Cl2FN2O. The number of carbonyl (C=O) groups excluding carboxylic acids is 1. The summed E-state index contributed by atoms with van der Waals surface area (Å²) in [6, 6.07) is 11.7. The van der Waals surface area contributed by atoms with Gasteiger partial charge in [-0.25, -0.2) is 4.39 Å². The summed E-state index contributed by atoms with van der Waals surface area (Å²) < 4.78 is 13.4. The zero-order valence-corrected chi connectivity index (χ0v) is 13.9. The van der Waals surface area contributed by atoms with Crippen molar-refractivity contribution in [2.45, 2.75) is 12.8 Å². The Balaban J connectivity index is 1.69. The fourth-order valence-electron chi connectivity index (χ4n) is 2.06. The SMILES string of the molecule is O=C(CCNCCc1ccccc1F)Nc1cccc(Cl)c1Cl. The highest BCUT2D eigenvalue weighted by atomic mass is 35.5. The topological polar surface area (TPSA) is 41.1 Å². The Hall–Kier alpha value is -1.62. The van der Waals surface area contributed by atoms with Gasteiger partial charge in [0.15, 0.2) is 0 Å². The molecule has 0 atom stereocenters. The van der Waals surface area contributed by atoms with Crippen LogP contribution in [0.3, 0.4) is 0 Å². The van der Waals surface area contributed by atoms with Crippen LogP contribution >= 0.6 is 23.2 Å². The number of rotatable bonds is 7. The molecule has 0 saturated heterocycles. The predicted octanol–water partition coefficient (Wildman–Crippen LogP) is 4.29. The molecule has 0 fully saturated rings. The van der Waals surface area contributed by atoms with Gasteiger partial charge < -0.3 is 10.6 Å². The fraction of sp³-hybridized carbons (Fsp3) is 0.235. The second-order valence-electron chi connectivity index (χ2n) is 4.99. The zero-order chi connectivity index (χ0) is 16.7. The first-order chi connectivity index (χ1) is 11.1. The van der Waals surface area contributed by atoms with E-state index in [2.05, 4.69) is 10.6 Å². The predicted molar refractivity (Wildman–Crippen MR) is 92.7 cm³/mol. The molecule has 0 spiro atoms. The summed E-state index contributed by atoms with van der Waals surface area (Å²) in [6.07, 6.45) is 0.870. The molecule has 0 aliphatic heterocycles. The second kappa shape index (κ2) is 8.87. The minimum atomic E-state index is -0.206. The molecule has 0 bridgehead atoms. The molecule has 0 radical (unpaired) electrons. The lowest BCUT2D eigenvalue weighted by Gasteiger charge is -2.09. The van der Waals surface area contributed by atoms with Gasteiger partial charge in [-0.15, -0.1) is 0 Å². The molecule has 0 saturated carbocycles. The molecule has 2 N–H and O–H groups in total. The Morgan fingerprint density at radius 1 is 1.04 bits per heavy atom. The van der Waals surface area contributed by atoms with E-state index in [4.69, 9.17) is 23.2 Å². The summed E-state index contributed by atoms with van der Waals surface area (Å²) in [6.45, 7) is 1.10. The normalized spacial score (nSPS) is 10.6. The summed E-state index contributed by atoms with van der Waals surface area (Å²) in [7, 11) is 0. The minimum Gasteiger partial charge on any atom is -0.325 e. The standard InChI is InChI=1S/C17H17Cl2FN2O/c18-13-5-3-7-15(17(13)19)22-16(23)9-11-21-10-8-12-4-1-2-6-14(12)20/h1-7,21H,8-11H2,(H,22,23). The molecule has 0 aliphatic rings. The van der Waals surface area contributed by atoms with Gasteiger partial charge in [0.05, 0.1) is 15.7 Å². The Morgan fingerprint density at radius 3 is 2.61 bits per heavy atom. The van der Waals surface area contributed by atoms with Crippen LogP contribution in [0.1, 0.15) is 12.0 Å². The third-order valence-corrected chi connectivity index (χ3v) is 4.10. The lowest BCUT2D eigenvalue weighted by atomic mass is 10.1. The van der Waals surface area contributed by atoms with E-state index in [0.29, 0.717) is 47.2 Å². The lowest BCUT2D eigenvalue weighted by molar-refractivity contribution is -0.116. The summed E-state index contributed by atoms with van der Waals surface area (Å²) >= 11 is 11.9. The minimum absolute atomic E-state index is 0.160. The van der Waals surface area contributed by atoms with Crippen molar-refractivity contribution < 1.29 is 9.18 Å². The molecule has 0 heterocycles. The Labute approximate surface area is 144 Å². The molecular weight excluding hydrogens is 338 g/mol. The van der Waals surface area contributed by atoms with Gasteiger partial charge in [-0.3, -0.25) is 4.79 Å². The number of hydrogen-bond acceptors (Lipinski definition) is 2. The molecule has 2 aromatic carbocycles. The number of hydrogen-bond donors (Lipinski definition) is 2. The van der Waals surface area contributed by atoms with Crippen LogP contribution in [0.15, 0.2) is 42.5 Å². The van der Waals surface area contributed by atoms with Crippen LogP contribution in [-0.4, -0.2) is 19.0 Å². The largest absolute Gasteiger partial charge is 0.325 e. The van der Waals surface area contributed by atoms with Crippen molar-refractivity contribution in [2.75, 3.05) is 18.4 Å². The molecule has 0 aromatic heterocycles. The summed E-state index contributed by atoms with van der Waals surface area (Å²) in [5.74, 6) is -0.366. The van der Waals surface area contributed by atoms with E-state index >= 15 is 0 Å². The highest BCUT2D eigenvalue weighted by Gasteiger charge is 2.08. The number of anilines is 1. The van der Waals surface area contributed by atoms with Gasteiger partial charge in [0.1, 0.15) is 5.82 Å². The van der Waals surface area contributed by atoms with Crippen molar-refractivity contribution in [2.24, 2.45) is 0 Å². The van der Waals surface area contributed by atoms with E-state index in [1.807, 2.05) is 0 Å². The average molecular weight is 355 g/mol. The van der Waals surface area contributed by atoms with Crippen LogP contribution in [0.25, 0.3) is 0 Å². The van der Waals surface area contributed by atoms with E-state index in [0.717, 1.165) is 0 Å². The van der Waals surface area contributed by atoms with Gasteiger partial charge in [-0.2, -0.15) is 0 Å². The smallest absolute Gasteiger partial charge is 0.225 e. The van der Waals surface area contributed by atoms with Crippen LogP contribution in [0, 0.1) is 5.82 Å². The Morgan fingerprint density at radius 2 is 1.83 bits per heavy atom. The second-order valence-corrected chi connectivity index (χ2v) is 5.78. The third kappa shape index (κ3) is 5.50. The molecule has 1 amide bonds. The molecule has 0 aliphatic carbocycles. The number of carbonyl (C=O) groups is 1. The number of benzene rings is 2. The van der Waals surface area contributed by atoms with Crippen molar-refractivity contribution in [1.29, 1.82) is 0 Å². The molecule has 2 aromatic rings. The van der Waals surface area contributed by atoms with Crippen molar-refractivity contribution in [3.05, 3.63) is 63.9 Å². The van der Waals surface area contributed by atoms with Gasteiger partial charge in [-0.1, -0.05) is 47.5 Å². The van der Waals surface area contributed by atoms with E-state index in [1.54, 1.807) is 36.4 Å². The van der Waals surface area contributed by atoms with Crippen LogP contribution in [0.2, 0.25) is 10.0 Å². The quantitative estimate of drug-likeness (QED) is 0.728. The van der Waals surface area contributed by atoms with Gasteiger partial charge in [0, 0.05) is 13.0 Å². The van der Waals surface area contributed by atoms with Gasteiger partial charge in [0.25, 0.3) is 0 Å². The molecule has 23 heavy (non-hydrogen) atoms. The van der Waals surface area contributed by atoms with Crippen LogP contribution < -0.4 is 10.6 Å². The number of nitrogens with one attached hydrogen (secondary N) is 2. The number of amides is 1. The highest BCUT2D eigenvalue weighted by Crippen LogP contribution is 2.29. The van der Waals surface area contributed by atoms with Crippen LogP contribution in [-0.2, 0) is 11.2 Å². The van der Waals surface area contributed by atoms with Crippen LogP contribution in [0.5, 0.6) is 0 Å². The summed E-state index contributed by atoms with van der Waals surface area (Å²) in [5.41, 5.74) is 1.16. The lowest BCUT2D eigenvalue weighted by Crippen LogP contribution is -2.23. The molecule has 3 nitrogen and oxygen atoms in total. The fourth-order valence-corrected chi connectivity index (χ4v) is 2.41. The van der Waals surface area contributed by atoms with Crippen molar-refractivity contribution in [3.63, 3.8) is 0 Å². The van der Waals surface area contributed by atoms with Crippen molar-refractivity contribution >= 4 is 34.8 Å². The maximum absolute atomic E-state index is 13.4. The van der Waals surface area contributed by atoms with Gasteiger partial charge >= 0.3 is 0 Å². The Bertz CT molecular complexity index is 679. The van der Waals surface area contributed by atoms with E-state index < -0.39 is 0 Å². The van der Waals surface area contributed by atoms with Gasteiger partial charge in [-0.05, 0) is 36.7 Å². The molecule has 2 rings (SSSR count). The summed E-state index contributed by atoms with van der Waals surface area (Å²) in [5, 5.41) is 6.56. The first-order valence-electron chi connectivity index (χ1n) is 7.26. The van der Waals surface area contributed by atoms with E-state index in [9.17, 15) is 9.18 Å². The third-order valence-electron chi connectivity index (χ3n) is 3.28. The maximum Gasteiger partial charge on any atom is 0.225 e. The zero-order valence-electron chi connectivity index (χ0n) is 12.4. The Kier molecular flexibility index (Phi) is 6.84. The van der Waals surface area contributed by atoms with Crippen molar-refractivity contribution in [1.82, 2.24) is 5.32 Å². The summed E-state index contributed by atoms with van der Waals surface area (Å²) in [4.78, 5) is 11.9. The molecule has 122 valence electrons. The maximum atomic E-state index is 13.4.